The van der Waals surface area contributed by atoms with Crippen LogP contribution in [0.5, 0.6) is 0 Å². The van der Waals surface area contributed by atoms with Crippen LogP contribution in [-0.2, 0) is 0 Å². The molecule has 0 amide bonds. The standard InChI is InChI=1S/C7H14.3C6H11F/c1-5(2)7-4-6(7)3;3*1-4(2)5-3-6(5)7/h5-7H,4H2,1-3H3;3*4-6H,3H2,1-2H3/t6-,7-;2*5-,6+;5-,6-/m0101/s1. The van der Waals surface area contributed by atoms with E-state index in [2.05, 4.69) is 62.3 Å². The van der Waals surface area contributed by atoms with Gasteiger partial charge in [0.15, 0.2) is 0 Å². The number of halogens is 3. The molecule has 0 bridgehead atoms. The van der Waals surface area contributed by atoms with Crippen molar-refractivity contribution in [1.82, 2.24) is 0 Å². The summed E-state index contributed by atoms with van der Waals surface area (Å²) < 4.78 is 36.1. The van der Waals surface area contributed by atoms with E-state index < -0.39 is 18.5 Å². The predicted molar refractivity (Wildman–Crippen MR) is 116 cm³/mol. The topological polar surface area (TPSA) is 0 Å². The fourth-order valence-electron chi connectivity index (χ4n) is 3.89. The van der Waals surface area contributed by atoms with E-state index >= 15 is 0 Å². The average molecular weight is 405 g/mol. The minimum atomic E-state index is -0.458. The van der Waals surface area contributed by atoms with Gasteiger partial charge in [0.05, 0.1) is 0 Å². The highest BCUT2D eigenvalue weighted by Crippen LogP contribution is 2.43. The highest BCUT2D eigenvalue weighted by Gasteiger charge is 2.40. The van der Waals surface area contributed by atoms with Crippen molar-refractivity contribution in [2.75, 3.05) is 0 Å². The molecule has 0 nitrogen and oxygen atoms in total. The van der Waals surface area contributed by atoms with Crippen molar-refractivity contribution in [3.8, 4) is 0 Å². The monoisotopic (exact) mass is 404 g/mol. The second kappa shape index (κ2) is 11.3. The van der Waals surface area contributed by atoms with E-state index in [0.717, 1.165) is 37.0 Å². The molecule has 28 heavy (non-hydrogen) atoms. The zero-order valence-corrected chi connectivity index (χ0v) is 19.9. The van der Waals surface area contributed by atoms with Gasteiger partial charge in [0.2, 0.25) is 0 Å². The lowest BCUT2D eigenvalue weighted by molar-refractivity contribution is 0.402. The van der Waals surface area contributed by atoms with Gasteiger partial charge in [-0.15, -0.1) is 0 Å². The number of hydrogen-bond acceptors (Lipinski definition) is 0. The number of alkyl halides is 3. The first-order valence-electron chi connectivity index (χ1n) is 11.8. The summed E-state index contributed by atoms with van der Waals surface area (Å²) >= 11 is 0. The third-order valence-corrected chi connectivity index (χ3v) is 6.87. The lowest BCUT2D eigenvalue weighted by atomic mass is 10.1. The van der Waals surface area contributed by atoms with Gasteiger partial charge >= 0.3 is 0 Å². The molecule has 168 valence electrons. The molecule has 0 radical (unpaired) electrons. The van der Waals surface area contributed by atoms with Crippen LogP contribution in [-0.4, -0.2) is 18.5 Å². The third-order valence-electron chi connectivity index (χ3n) is 6.87. The maximum absolute atomic E-state index is 12.0. The van der Waals surface area contributed by atoms with Gasteiger partial charge in [-0.2, -0.15) is 0 Å². The SMILES string of the molecule is CC(C)[C@@H]1C[C@@H]1C.CC(C)[C@@H]1C[C@H]1F.CC(C)[C@H]1C[C@@H]1F.CC(C)[C@H]1C[C@H]1F. The summed E-state index contributed by atoms with van der Waals surface area (Å²) in [4.78, 5) is 0. The van der Waals surface area contributed by atoms with Crippen LogP contribution in [0.3, 0.4) is 0 Å². The second-order valence-corrected chi connectivity index (χ2v) is 11.1. The largest absolute Gasteiger partial charge is 0.247 e. The van der Waals surface area contributed by atoms with Gasteiger partial charge in [-0.1, -0.05) is 62.3 Å². The maximum atomic E-state index is 12.0. The Labute approximate surface area is 173 Å². The molecule has 0 unspecified atom stereocenters. The Morgan fingerprint density at radius 2 is 0.643 bits per heavy atom. The minimum Gasteiger partial charge on any atom is -0.247 e. The molecule has 4 aliphatic carbocycles. The fraction of sp³-hybridized carbons (Fsp3) is 1.00. The summed E-state index contributed by atoms with van der Waals surface area (Å²) in [6, 6.07) is 0. The first kappa shape index (κ1) is 25.8. The first-order valence-corrected chi connectivity index (χ1v) is 11.8. The van der Waals surface area contributed by atoms with E-state index in [1.54, 1.807) is 0 Å². The van der Waals surface area contributed by atoms with Crippen molar-refractivity contribution in [3.63, 3.8) is 0 Å². The Morgan fingerprint density at radius 3 is 0.643 bits per heavy atom. The van der Waals surface area contributed by atoms with Crippen LogP contribution in [0.2, 0.25) is 0 Å². The predicted octanol–water partition coefficient (Wildman–Crippen LogP) is 8.30. The van der Waals surface area contributed by atoms with E-state index in [4.69, 9.17) is 0 Å². The lowest BCUT2D eigenvalue weighted by Gasteiger charge is -1.97. The lowest BCUT2D eigenvalue weighted by Crippen LogP contribution is -1.90. The molecule has 0 spiro atoms. The van der Waals surface area contributed by atoms with E-state index in [9.17, 15) is 13.2 Å². The average Bonchev–Trinajstić information content (AvgIpc) is 3.36. The minimum absolute atomic E-state index is 0.403. The van der Waals surface area contributed by atoms with E-state index in [0.29, 0.717) is 35.5 Å². The molecule has 3 heteroatoms. The third kappa shape index (κ3) is 10.0. The van der Waals surface area contributed by atoms with Gasteiger partial charge in [-0.25, -0.2) is 13.2 Å². The Bertz CT molecular complexity index is 352. The van der Waals surface area contributed by atoms with Crippen LogP contribution in [0.25, 0.3) is 0 Å². The van der Waals surface area contributed by atoms with Gasteiger partial charge in [-0.05, 0) is 78.9 Å². The molecule has 0 heterocycles. The summed E-state index contributed by atoms with van der Waals surface area (Å²) in [6.45, 7) is 19.4. The molecule has 0 saturated heterocycles. The molecule has 0 aromatic heterocycles. The highest BCUT2D eigenvalue weighted by atomic mass is 19.1. The number of hydrogen-bond donors (Lipinski definition) is 0. The smallest absolute Gasteiger partial charge is 0.104 e. The summed E-state index contributed by atoms with van der Waals surface area (Å²) in [5, 5.41) is 0. The highest BCUT2D eigenvalue weighted by molar-refractivity contribution is 4.89. The molecule has 4 aliphatic rings. The van der Waals surface area contributed by atoms with Crippen molar-refractivity contribution >= 4 is 0 Å². The second-order valence-electron chi connectivity index (χ2n) is 11.1. The molecule has 0 aliphatic heterocycles. The molecule has 4 rings (SSSR count). The molecule has 0 N–H and O–H groups in total. The maximum Gasteiger partial charge on any atom is 0.104 e. The van der Waals surface area contributed by atoms with Crippen LogP contribution >= 0.6 is 0 Å². The fourth-order valence-corrected chi connectivity index (χ4v) is 3.89. The van der Waals surface area contributed by atoms with E-state index in [1.807, 2.05) is 0 Å². The van der Waals surface area contributed by atoms with E-state index in [-0.39, 0.29) is 0 Å². The Balaban J connectivity index is 0.000000187. The Morgan fingerprint density at radius 1 is 0.464 bits per heavy atom. The first-order chi connectivity index (χ1) is 12.9. The summed E-state index contributed by atoms with van der Waals surface area (Å²) in [5.41, 5.74) is 0. The zero-order valence-electron chi connectivity index (χ0n) is 19.9. The molecular formula is C25H47F3. The molecule has 0 aromatic rings. The van der Waals surface area contributed by atoms with Crippen LogP contribution in [0, 0.1) is 53.3 Å². The van der Waals surface area contributed by atoms with Crippen LogP contribution in [0.4, 0.5) is 13.2 Å². The van der Waals surface area contributed by atoms with Crippen LogP contribution in [0.15, 0.2) is 0 Å². The van der Waals surface area contributed by atoms with Crippen molar-refractivity contribution in [2.24, 2.45) is 53.3 Å². The van der Waals surface area contributed by atoms with Gasteiger partial charge < -0.3 is 0 Å². The molecule has 0 aromatic carbocycles. The normalized spacial score (nSPS) is 39.4. The zero-order chi connectivity index (χ0) is 21.8. The van der Waals surface area contributed by atoms with Gasteiger partial charge in [0.1, 0.15) is 18.5 Å². The summed E-state index contributed by atoms with van der Waals surface area (Å²) in [5.74, 6) is 5.95. The van der Waals surface area contributed by atoms with Crippen LogP contribution in [0.1, 0.15) is 88.0 Å². The molecular weight excluding hydrogens is 357 g/mol. The van der Waals surface area contributed by atoms with Crippen LogP contribution < -0.4 is 0 Å². The Kier molecular flexibility index (Phi) is 10.4. The number of rotatable bonds is 4. The van der Waals surface area contributed by atoms with Gasteiger partial charge in [-0.3, -0.25) is 0 Å². The van der Waals surface area contributed by atoms with Gasteiger partial charge in [0, 0.05) is 0 Å². The Hall–Kier alpha value is -0.210. The van der Waals surface area contributed by atoms with Crippen molar-refractivity contribution in [2.45, 2.75) is 107 Å². The van der Waals surface area contributed by atoms with Gasteiger partial charge in [0.25, 0.3) is 0 Å². The quantitative estimate of drug-likeness (QED) is 0.442. The molecule has 4 fully saturated rings. The summed E-state index contributed by atoms with van der Waals surface area (Å²) in [7, 11) is 0. The summed E-state index contributed by atoms with van der Waals surface area (Å²) in [6.07, 6.45) is 2.56. The van der Waals surface area contributed by atoms with E-state index in [1.165, 1.54) is 6.42 Å². The van der Waals surface area contributed by atoms with Crippen molar-refractivity contribution < 1.29 is 13.2 Å². The molecule has 4 saturated carbocycles. The van der Waals surface area contributed by atoms with Crippen molar-refractivity contribution in [3.05, 3.63) is 0 Å². The van der Waals surface area contributed by atoms with Crippen molar-refractivity contribution in [1.29, 1.82) is 0 Å². The molecule has 8 atom stereocenters.